The summed E-state index contributed by atoms with van der Waals surface area (Å²) >= 11 is 9.52. The molecule has 0 spiro atoms. The molecule has 1 atom stereocenters. The average Bonchev–Trinajstić information content (AvgIpc) is 2.69. The van der Waals surface area contributed by atoms with Crippen LogP contribution in [0.25, 0.3) is 0 Å². The van der Waals surface area contributed by atoms with E-state index >= 15 is 0 Å². The molecule has 19 heavy (non-hydrogen) atoms. The number of hydrogen-bond acceptors (Lipinski definition) is 2. The van der Waals surface area contributed by atoms with Gasteiger partial charge in [0.05, 0.1) is 11.8 Å². The number of benzene rings is 1. The molecule has 0 aliphatic carbocycles. The first-order chi connectivity index (χ1) is 9.01. The normalized spacial score (nSPS) is 12.7. The van der Waals surface area contributed by atoms with E-state index in [9.17, 15) is 5.11 Å². The lowest BCUT2D eigenvalue weighted by Crippen LogP contribution is -2.08. The van der Waals surface area contributed by atoms with Crippen molar-refractivity contribution in [1.29, 1.82) is 0 Å². The van der Waals surface area contributed by atoms with Crippen LogP contribution >= 0.6 is 27.5 Å². The van der Waals surface area contributed by atoms with Crippen LogP contribution in [0.15, 0.2) is 28.7 Å². The van der Waals surface area contributed by atoms with E-state index in [4.69, 9.17) is 11.6 Å². The van der Waals surface area contributed by atoms with Crippen LogP contribution in [0.4, 0.5) is 0 Å². The number of hydrogen-bond donors (Lipinski definition) is 1. The molecule has 3 nitrogen and oxygen atoms in total. The summed E-state index contributed by atoms with van der Waals surface area (Å²) in [6.07, 6.45) is -0.113. The fourth-order valence-electron chi connectivity index (χ4n) is 2.12. The third-order valence-corrected chi connectivity index (χ3v) is 3.83. The van der Waals surface area contributed by atoms with E-state index in [0.717, 1.165) is 28.0 Å². The van der Waals surface area contributed by atoms with Crippen molar-refractivity contribution in [3.8, 4) is 0 Å². The van der Waals surface area contributed by atoms with Crippen LogP contribution < -0.4 is 0 Å². The lowest BCUT2D eigenvalue weighted by Gasteiger charge is -2.13. The van der Waals surface area contributed by atoms with Gasteiger partial charge >= 0.3 is 0 Å². The maximum Gasteiger partial charge on any atom is 0.0859 e. The Labute approximate surface area is 126 Å². The first-order valence-corrected chi connectivity index (χ1v) is 7.34. The number of halogens is 2. The highest BCUT2D eigenvalue weighted by atomic mass is 79.9. The molecule has 102 valence electrons. The van der Waals surface area contributed by atoms with Crippen LogP contribution in [-0.4, -0.2) is 14.9 Å². The number of aryl methyl sites for hydroxylation is 2. The minimum atomic E-state index is -0.623. The molecule has 1 N–H and O–H groups in total. The van der Waals surface area contributed by atoms with Crippen LogP contribution in [0.1, 0.15) is 30.0 Å². The van der Waals surface area contributed by atoms with Gasteiger partial charge < -0.3 is 5.11 Å². The van der Waals surface area contributed by atoms with Gasteiger partial charge in [0.15, 0.2) is 0 Å². The van der Waals surface area contributed by atoms with Gasteiger partial charge in [0.2, 0.25) is 0 Å². The van der Waals surface area contributed by atoms with Gasteiger partial charge in [-0.2, -0.15) is 5.10 Å². The van der Waals surface area contributed by atoms with Gasteiger partial charge in [-0.25, -0.2) is 0 Å². The van der Waals surface area contributed by atoms with Crippen molar-refractivity contribution in [3.05, 3.63) is 50.7 Å². The Balaban J connectivity index is 2.22. The first kappa shape index (κ1) is 14.6. The fourth-order valence-corrected chi connectivity index (χ4v) is 2.92. The number of rotatable bonds is 4. The van der Waals surface area contributed by atoms with Crippen LogP contribution in [-0.2, 0) is 13.0 Å². The van der Waals surface area contributed by atoms with Crippen molar-refractivity contribution in [1.82, 2.24) is 9.78 Å². The molecule has 1 aromatic carbocycles. The molecule has 1 aromatic heterocycles. The van der Waals surface area contributed by atoms with E-state index in [1.54, 1.807) is 6.07 Å². The van der Waals surface area contributed by atoms with Gasteiger partial charge in [0.1, 0.15) is 0 Å². The summed E-state index contributed by atoms with van der Waals surface area (Å²) in [6, 6.07) is 7.52. The van der Waals surface area contributed by atoms with Crippen LogP contribution in [0.2, 0.25) is 5.02 Å². The number of nitrogens with zero attached hydrogens (tertiary/aromatic N) is 2. The first-order valence-electron chi connectivity index (χ1n) is 6.17. The Kier molecular flexibility index (Phi) is 4.66. The van der Waals surface area contributed by atoms with E-state index in [1.807, 2.05) is 36.7 Å². The van der Waals surface area contributed by atoms with Crippen molar-refractivity contribution in [2.75, 3.05) is 0 Å². The molecule has 2 aromatic rings. The number of aromatic nitrogens is 2. The summed E-state index contributed by atoms with van der Waals surface area (Å²) in [5, 5.41) is 15.3. The molecule has 0 aliphatic rings. The zero-order valence-electron chi connectivity index (χ0n) is 10.9. The van der Waals surface area contributed by atoms with Gasteiger partial charge in [0, 0.05) is 28.2 Å². The van der Waals surface area contributed by atoms with E-state index < -0.39 is 6.10 Å². The molecule has 0 saturated carbocycles. The second-order valence-electron chi connectivity index (χ2n) is 4.48. The largest absolute Gasteiger partial charge is 0.388 e. The molecule has 0 radical (unpaired) electrons. The molecule has 1 unspecified atom stereocenters. The van der Waals surface area contributed by atoms with Gasteiger partial charge in [-0.3, -0.25) is 4.68 Å². The maximum absolute atomic E-state index is 10.3. The molecule has 0 amide bonds. The highest BCUT2D eigenvalue weighted by Gasteiger charge is 2.15. The van der Waals surface area contributed by atoms with Crippen molar-refractivity contribution >= 4 is 27.5 Å². The van der Waals surface area contributed by atoms with Gasteiger partial charge in [-0.15, -0.1) is 0 Å². The SMILES string of the molecule is CCn1nc(C)cc1CC(O)c1ccc(Br)cc1Cl. The second-order valence-corrected chi connectivity index (χ2v) is 5.80. The highest BCUT2D eigenvalue weighted by Crippen LogP contribution is 2.28. The van der Waals surface area contributed by atoms with Crippen molar-refractivity contribution < 1.29 is 5.11 Å². The summed E-state index contributed by atoms with van der Waals surface area (Å²) in [5.41, 5.74) is 2.73. The molecule has 0 fully saturated rings. The fraction of sp³-hybridized carbons (Fsp3) is 0.357. The molecular weight excluding hydrogens is 328 g/mol. The number of aliphatic hydroxyl groups excluding tert-OH is 1. The zero-order chi connectivity index (χ0) is 14.0. The summed E-state index contributed by atoms with van der Waals surface area (Å²) in [6.45, 7) is 4.79. The van der Waals surface area contributed by atoms with Crippen LogP contribution in [0, 0.1) is 6.92 Å². The van der Waals surface area contributed by atoms with E-state index in [2.05, 4.69) is 21.0 Å². The molecule has 0 saturated heterocycles. The Morgan fingerprint density at radius 1 is 1.42 bits per heavy atom. The molecular formula is C14H16BrClN2O. The second kappa shape index (κ2) is 6.07. The summed E-state index contributed by atoms with van der Waals surface area (Å²) in [7, 11) is 0. The monoisotopic (exact) mass is 342 g/mol. The Morgan fingerprint density at radius 3 is 2.79 bits per heavy atom. The Bertz CT molecular complexity index is 583. The molecule has 5 heteroatoms. The van der Waals surface area contributed by atoms with Crippen molar-refractivity contribution in [3.63, 3.8) is 0 Å². The Morgan fingerprint density at radius 2 is 2.16 bits per heavy atom. The maximum atomic E-state index is 10.3. The van der Waals surface area contributed by atoms with Crippen LogP contribution in [0.5, 0.6) is 0 Å². The van der Waals surface area contributed by atoms with E-state index in [-0.39, 0.29) is 0 Å². The van der Waals surface area contributed by atoms with Crippen molar-refractivity contribution in [2.45, 2.75) is 32.9 Å². The standard InChI is InChI=1S/C14H16BrClN2O/c1-3-18-11(6-9(2)17-18)8-14(19)12-5-4-10(15)7-13(12)16/h4-7,14,19H,3,8H2,1-2H3. The minimum absolute atomic E-state index is 0.510. The third kappa shape index (κ3) is 3.38. The topological polar surface area (TPSA) is 38.0 Å². The Hall–Kier alpha value is -0.840. The van der Waals surface area contributed by atoms with Gasteiger partial charge in [-0.05, 0) is 37.6 Å². The lowest BCUT2D eigenvalue weighted by atomic mass is 10.0. The molecule has 0 aliphatic heterocycles. The average molecular weight is 344 g/mol. The van der Waals surface area contributed by atoms with E-state index in [1.165, 1.54) is 0 Å². The third-order valence-electron chi connectivity index (χ3n) is 3.01. The summed E-state index contributed by atoms with van der Waals surface area (Å²) in [4.78, 5) is 0. The van der Waals surface area contributed by atoms with Gasteiger partial charge in [0.25, 0.3) is 0 Å². The van der Waals surface area contributed by atoms with E-state index in [0.29, 0.717) is 11.4 Å². The van der Waals surface area contributed by atoms with Gasteiger partial charge in [-0.1, -0.05) is 33.6 Å². The zero-order valence-corrected chi connectivity index (χ0v) is 13.2. The lowest BCUT2D eigenvalue weighted by molar-refractivity contribution is 0.175. The minimum Gasteiger partial charge on any atom is -0.388 e. The number of aliphatic hydroxyl groups is 1. The predicted octanol–water partition coefficient (Wildman–Crippen LogP) is 3.90. The summed E-state index contributed by atoms with van der Waals surface area (Å²) in [5.74, 6) is 0. The van der Waals surface area contributed by atoms with Crippen molar-refractivity contribution in [2.24, 2.45) is 0 Å². The smallest absolute Gasteiger partial charge is 0.0859 e. The summed E-state index contributed by atoms with van der Waals surface area (Å²) < 4.78 is 2.81. The molecule has 1 heterocycles. The highest BCUT2D eigenvalue weighted by molar-refractivity contribution is 9.10. The molecule has 0 bridgehead atoms. The molecule has 2 rings (SSSR count). The van der Waals surface area contributed by atoms with Crippen LogP contribution in [0.3, 0.4) is 0 Å². The predicted molar refractivity (Wildman–Crippen MR) is 80.5 cm³/mol. The quantitative estimate of drug-likeness (QED) is 0.914.